The quantitative estimate of drug-likeness (QED) is 0.821. The smallest absolute Gasteiger partial charge is 0.207 e. The zero-order valence-corrected chi connectivity index (χ0v) is 8.49. The average molecular weight is 208 g/mol. The summed E-state index contributed by atoms with van der Waals surface area (Å²) < 4.78 is 0. The minimum Gasteiger partial charge on any atom is -0.331 e. The largest absolute Gasteiger partial charge is 0.331 e. The number of rotatable bonds is 2. The van der Waals surface area contributed by atoms with Gasteiger partial charge < -0.3 is 9.88 Å². The van der Waals surface area contributed by atoms with Crippen molar-refractivity contribution >= 4 is 23.2 Å². The Morgan fingerprint density at radius 1 is 1.36 bits per heavy atom. The highest BCUT2D eigenvalue weighted by molar-refractivity contribution is 6.33. The molecule has 0 unspecified atom stereocenters. The fourth-order valence-corrected chi connectivity index (χ4v) is 1.54. The van der Waals surface area contributed by atoms with E-state index in [-0.39, 0.29) is 0 Å². The topological polar surface area (TPSA) is 31.9 Å². The summed E-state index contributed by atoms with van der Waals surface area (Å²) in [7, 11) is 1.92. The van der Waals surface area contributed by atoms with Gasteiger partial charge in [-0.05, 0) is 12.1 Å². The fraction of sp³-hybridized carbons (Fsp3) is 0.100. The van der Waals surface area contributed by atoms with Crippen LogP contribution in [0.3, 0.4) is 0 Å². The predicted octanol–water partition coefficient (Wildman–Crippen LogP) is 2.83. The number of imidazole rings is 1. The van der Waals surface area contributed by atoms with Gasteiger partial charge in [0.15, 0.2) is 0 Å². The molecule has 1 aromatic heterocycles. The summed E-state index contributed by atoms with van der Waals surface area (Å²) in [5.41, 5.74) is 0.934. The maximum absolute atomic E-state index is 6.05. The third kappa shape index (κ3) is 1.59. The lowest BCUT2D eigenvalue weighted by Gasteiger charge is -2.16. The number of hydrogen-bond donors (Lipinski definition) is 1. The van der Waals surface area contributed by atoms with Crippen molar-refractivity contribution in [3.8, 4) is 0 Å². The number of anilines is 2. The van der Waals surface area contributed by atoms with Crippen LogP contribution in [0.2, 0.25) is 5.02 Å². The van der Waals surface area contributed by atoms with Gasteiger partial charge in [0.05, 0.1) is 10.7 Å². The summed E-state index contributed by atoms with van der Waals surface area (Å²) in [5.74, 6) is 0.776. The second-order valence-corrected chi connectivity index (χ2v) is 3.33. The molecule has 0 fully saturated rings. The standard InChI is InChI=1S/C10H10ClN3/c1-14(10-12-6-7-13-10)9-5-3-2-4-8(9)11/h2-7H,1H3,(H,12,13). The Balaban J connectivity index is 2.37. The van der Waals surface area contributed by atoms with E-state index in [1.165, 1.54) is 0 Å². The molecule has 0 saturated heterocycles. The number of aromatic amines is 1. The normalized spacial score (nSPS) is 10.1. The van der Waals surface area contributed by atoms with E-state index in [4.69, 9.17) is 11.6 Å². The third-order valence-corrected chi connectivity index (χ3v) is 2.33. The van der Waals surface area contributed by atoms with Gasteiger partial charge in [0.25, 0.3) is 0 Å². The molecule has 4 heteroatoms. The van der Waals surface area contributed by atoms with Gasteiger partial charge in [0.1, 0.15) is 0 Å². The van der Waals surface area contributed by atoms with Crippen LogP contribution < -0.4 is 4.90 Å². The minimum atomic E-state index is 0.714. The molecule has 0 aliphatic heterocycles. The summed E-state index contributed by atoms with van der Waals surface area (Å²) in [5, 5.41) is 0.714. The van der Waals surface area contributed by atoms with Crippen LogP contribution in [0.4, 0.5) is 11.6 Å². The zero-order chi connectivity index (χ0) is 9.97. The van der Waals surface area contributed by atoms with Crippen molar-refractivity contribution < 1.29 is 0 Å². The van der Waals surface area contributed by atoms with Gasteiger partial charge in [-0.15, -0.1) is 0 Å². The molecule has 0 radical (unpaired) electrons. The van der Waals surface area contributed by atoms with Gasteiger partial charge in [-0.1, -0.05) is 23.7 Å². The highest BCUT2D eigenvalue weighted by atomic mass is 35.5. The molecular formula is C10H10ClN3. The van der Waals surface area contributed by atoms with Crippen LogP contribution in [0.15, 0.2) is 36.7 Å². The first-order valence-corrected chi connectivity index (χ1v) is 4.64. The zero-order valence-electron chi connectivity index (χ0n) is 7.74. The van der Waals surface area contributed by atoms with E-state index in [1.54, 1.807) is 12.4 Å². The molecule has 2 aromatic rings. The first kappa shape index (κ1) is 9.09. The molecular weight excluding hydrogens is 198 g/mol. The molecule has 1 N–H and O–H groups in total. The molecule has 14 heavy (non-hydrogen) atoms. The number of nitrogens with one attached hydrogen (secondary N) is 1. The summed E-state index contributed by atoms with van der Waals surface area (Å²) in [6, 6.07) is 7.66. The van der Waals surface area contributed by atoms with Crippen LogP contribution in [-0.4, -0.2) is 17.0 Å². The fourth-order valence-electron chi connectivity index (χ4n) is 1.28. The van der Waals surface area contributed by atoms with Gasteiger partial charge in [-0.3, -0.25) is 0 Å². The van der Waals surface area contributed by atoms with Crippen LogP contribution in [0.1, 0.15) is 0 Å². The average Bonchev–Trinajstić information content (AvgIpc) is 2.70. The van der Waals surface area contributed by atoms with Crippen molar-refractivity contribution in [3.63, 3.8) is 0 Å². The van der Waals surface area contributed by atoms with Crippen molar-refractivity contribution in [3.05, 3.63) is 41.7 Å². The summed E-state index contributed by atoms with van der Waals surface area (Å²) >= 11 is 6.05. The van der Waals surface area contributed by atoms with E-state index < -0.39 is 0 Å². The van der Waals surface area contributed by atoms with Gasteiger partial charge in [-0.25, -0.2) is 4.98 Å². The van der Waals surface area contributed by atoms with Crippen LogP contribution in [0, 0.1) is 0 Å². The second-order valence-electron chi connectivity index (χ2n) is 2.92. The SMILES string of the molecule is CN(c1ncc[nH]1)c1ccccc1Cl. The highest BCUT2D eigenvalue weighted by Crippen LogP contribution is 2.27. The molecule has 1 heterocycles. The number of para-hydroxylation sites is 1. The number of H-pyrrole nitrogens is 1. The van der Waals surface area contributed by atoms with Crippen LogP contribution in [-0.2, 0) is 0 Å². The first-order valence-electron chi connectivity index (χ1n) is 4.26. The van der Waals surface area contributed by atoms with Crippen LogP contribution in [0.5, 0.6) is 0 Å². The van der Waals surface area contributed by atoms with Crippen molar-refractivity contribution in [1.29, 1.82) is 0 Å². The molecule has 1 aromatic carbocycles. The molecule has 0 bridgehead atoms. The Kier molecular flexibility index (Phi) is 2.41. The minimum absolute atomic E-state index is 0.714. The van der Waals surface area contributed by atoms with Crippen molar-refractivity contribution in [2.75, 3.05) is 11.9 Å². The number of nitrogens with zero attached hydrogens (tertiary/aromatic N) is 2. The molecule has 0 amide bonds. The number of halogens is 1. The maximum atomic E-state index is 6.05. The summed E-state index contributed by atoms with van der Waals surface area (Å²) in [4.78, 5) is 9.07. The van der Waals surface area contributed by atoms with E-state index in [2.05, 4.69) is 9.97 Å². The molecule has 0 spiro atoms. The van der Waals surface area contributed by atoms with Crippen molar-refractivity contribution in [2.24, 2.45) is 0 Å². The predicted molar refractivity (Wildman–Crippen MR) is 58.1 cm³/mol. The highest BCUT2D eigenvalue weighted by Gasteiger charge is 2.08. The van der Waals surface area contributed by atoms with Gasteiger partial charge in [0.2, 0.25) is 5.95 Å². The van der Waals surface area contributed by atoms with E-state index in [0.29, 0.717) is 5.02 Å². The molecule has 0 aliphatic rings. The van der Waals surface area contributed by atoms with E-state index >= 15 is 0 Å². The molecule has 72 valence electrons. The Morgan fingerprint density at radius 2 is 2.14 bits per heavy atom. The van der Waals surface area contributed by atoms with E-state index in [1.807, 2.05) is 36.2 Å². The van der Waals surface area contributed by atoms with Gasteiger partial charge in [0, 0.05) is 19.4 Å². The maximum Gasteiger partial charge on any atom is 0.207 e. The Bertz CT molecular complexity index is 411. The van der Waals surface area contributed by atoms with Crippen LogP contribution in [0.25, 0.3) is 0 Å². The van der Waals surface area contributed by atoms with Crippen LogP contribution >= 0.6 is 11.6 Å². The molecule has 3 nitrogen and oxygen atoms in total. The lowest BCUT2D eigenvalue weighted by atomic mass is 10.3. The number of hydrogen-bond acceptors (Lipinski definition) is 2. The lowest BCUT2D eigenvalue weighted by molar-refractivity contribution is 1.10. The van der Waals surface area contributed by atoms with E-state index in [9.17, 15) is 0 Å². The Labute approximate surface area is 87.3 Å². The molecule has 0 aliphatic carbocycles. The second kappa shape index (κ2) is 3.72. The lowest BCUT2D eigenvalue weighted by Crippen LogP contribution is -2.11. The number of aromatic nitrogens is 2. The Hall–Kier alpha value is -1.48. The molecule has 2 rings (SSSR count). The summed E-state index contributed by atoms with van der Waals surface area (Å²) in [6.45, 7) is 0. The monoisotopic (exact) mass is 207 g/mol. The number of benzene rings is 1. The third-order valence-electron chi connectivity index (χ3n) is 2.02. The van der Waals surface area contributed by atoms with Crippen molar-refractivity contribution in [2.45, 2.75) is 0 Å². The Morgan fingerprint density at radius 3 is 2.79 bits per heavy atom. The summed E-state index contributed by atoms with van der Waals surface area (Å²) in [6.07, 6.45) is 3.49. The van der Waals surface area contributed by atoms with Gasteiger partial charge >= 0.3 is 0 Å². The molecule has 0 atom stereocenters. The first-order chi connectivity index (χ1) is 6.79. The molecule has 0 saturated carbocycles. The van der Waals surface area contributed by atoms with E-state index in [0.717, 1.165) is 11.6 Å². The van der Waals surface area contributed by atoms with Gasteiger partial charge in [-0.2, -0.15) is 0 Å². The van der Waals surface area contributed by atoms with Crippen molar-refractivity contribution in [1.82, 2.24) is 9.97 Å².